The lowest BCUT2D eigenvalue weighted by molar-refractivity contribution is 0.893. The van der Waals surface area contributed by atoms with Gasteiger partial charge in [0.25, 0.3) is 0 Å². The molecule has 0 spiro atoms. The van der Waals surface area contributed by atoms with Gasteiger partial charge in [0.15, 0.2) is 11.5 Å². The number of aryl methyl sites for hydroxylation is 1. The number of nitrogens with one attached hydrogen (secondary N) is 1. The average Bonchev–Trinajstić information content (AvgIpc) is 2.88. The smallest absolute Gasteiger partial charge is 0.224 e. The highest BCUT2D eigenvalue weighted by molar-refractivity contribution is 5.83. The number of hydrogen-bond acceptors (Lipinski definition) is 5. The molecular weight excluding hydrogens is 252 g/mol. The first-order valence-electron chi connectivity index (χ1n) is 6.37. The fourth-order valence-electron chi connectivity index (χ4n) is 2.23. The van der Waals surface area contributed by atoms with Gasteiger partial charge in [-0.3, -0.25) is 0 Å². The van der Waals surface area contributed by atoms with Crippen LogP contribution >= 0.6 is 0 Å². The average molecular weight is 268 g/mol. The second kappa shape index (κ2) is 4.80. The Balaban J connectivity index is 1.98. The third-order valence-corrected chi connectivity index (χ3v) is 3.31. The molecule has 0 fully saturated rings. The first kappa shape index (κ1) is 12.4. The lowest BCUT2D eigenvalue weighted by Gasteiger charge is -2.19. The topological polar surface area (TPSA) is 83.7 Å². The molecule has 3 rings (SSSR count). The van der Waals surface area contributed by atoms with Crippen LogP contribution in [0.1, 0.15) is 11.1 Å². The van der Waals surface area contributed by atoms with Gasteiger partial charge in [-0.2, -0.15) is 9.97 Å². The van der Waals surface area contributed by atoms with Crippen LogP contribution in [-0.4, -0.2) is 27.0 Å². The summed E-state index contributed by atoms with van der Waals surface area (Å²) < 4.78 is 0. The van der Waals surface area contributed by atoms with E-state index in [9.17, 15) is 0 Å². The van der Waals surface area contributed by atoms with Gasteiger partial charge in [0.05, 0.1) is 6.33 Å². The van der Waals surface area contributed by atoms with Crippen molar-refractivity contribution >= 4 is 22.9 Å². The van der Waals surface area contributed by atoms with E-state index >= 15 is 0 Å². The number of fused-ring (bicyclic) bond motifs is 1. The van der Waals surface area contributed by atoms with E-state index in [1.807, 2.05) is 24.1 Å². The summed E-state index contributed by atoms with van der Waals surface area (Å²) in [7, 11) is 1.98. The number of benzene rings is 1. The molecule has 0 saturated heterocycles. The Morgan fingerprint density at radius 1 is 1.25 bits per heavy atom. The van der Waals surface area contributed by atoms with Crippen LogP contribution in [0.2, 0.25) is 0 Å². The molecule has 20 heavy (non-hydrogen) atoms. The fourth-order valence-corrected chi connectivity index (χ4v) is 2.23. The normalized spacial score (nSPS) is 10.9. The molecule has 0 saturated carbocycles. The molecule has 6 heteroatoms. The van der Waals surface area contributed by atoms with E-state index in [1.165, 1.54) is 11.1 Å². The van der Waals surface area contributed by atoms with Crippen LogP contribution in [-0.2, 0) is 6.54 Å². The van der Waals surface area contributed by atoms with Crippen LogP contribution in [0, 0.1) is 6.92 Å². The van der Waals surface area contributed by atoms with E-state index in [1.54, 1.807) is 6.33 Å². The zero-order chi connectivity index (χ0) is 14.1. The van der Waals surface area contributed by atoms with Crippen molar-refractivity contribution in [2.75, 3.05) is 17.7 Å². The third-order valence-electron chi connectivity index (χ3n) is 3.31. The first-order valence-corrected chi connectivity index (χ1v) is 6.37. The van der Waals surface area contributed by atoms with Crippen LogP contribution in [0.3, 0.4) is 0 Å². The highest BCUT2D eigenvalue weighted by Gasteiger charge is 2.13. The second-order valence-corrected chi connectivity index (χ2v) is 4.79. The van der Waals surface area contributed by atoms with Gasteiger partial charge in [-0.25, -0.2) is 4.98 Å². The number of H-pyrrole nitrogens is 1. The number of imidazole rings is 1. The SMILES string of the molecule is Cc1ccccc1CN(C)c1nc(N)nc2nc[nH]c12. The van der Waals surface area contributed by atoms with Gasteiger partial charge in [0, 0.05) is 13.6 Å². The zero-order valence-corrected chi connectivity index (χ0v) is 11.5. The summed E-state index contributed by atoms with van der Waals surface area (Å²) in [5.74, 6) is 0.990. The predicted molar refractivity (Wildman–Crippen MR) is 79.4 cm³/mol. The first-order chi connectivity index (χ1) is 9.65. The maximum atomic E-state index is 5.74. The molecule has 2 heterocycles. The molecule has 0 aliphatic carbocycles. The third kappa shape index (κ3) is 2.16. The number of hydrogen-bond donors (Lipinski definition) is 2. The maximum Gasteiger partial charge on any atom is 0.224 e. The van der Waals surface area contributed by atoms with Crippen molar-refractivity contribution in [2.24, 2.45) is 0 Å². The minimum atomic E-state index is 0.233. The Morgan fingerprint density at radius 2 is 2.05 bits per heavy atom. The monoisotopic (exact) mass is 268 g/mol. The summed E-state index contributed by atoms with van der Waals surface area (Å²) in [6.07, 6.45) is 1.60. The highest BCUT2D eigenvalue weighted by atomic mass is 15.2. The summed E-state index contributed by atoms with van der Waals surface area (Å²) in [4.78, 5) is 17.7. The van der Waals surface area contributed by atoms with Crippen LogP contribution in [0.15, 0.2) is 30.6 Å². The van der Waals surface area contributed by atoms with E-state index < -0.39 is 0 Å². The number of aromatic amines is 1. The van der Waals surface area contributed by atoms with Crippen LogP contribution in [0.5, 0.6) is 0 Å². The van der Waals surface area contributed by atoms with Crippen molar-refractivity contribution in [1.82, 2.24) is 19.9 Å². The summed E-state index contributed by atoms with van der Waals surface area (Å²) in [5, 5.41) is 0. The summed E-state index contributed by atoms with van der Waals surface area (Å²) in [5.41, 5.74) is 9.63. The molecule has 0 aliphatic heterocycles. The Kier molecular flexibility index (Phi) is 2.98. The minimum absolute atomic E-state index is 0.233. The van der Waals surface area contributed by atoms with Crippen molar-refractivity contribution in [1.29, 1.82) is 0 Å². The van der Waals surface area contributed by atoms with Crippen LogP contribution in [0.4, 0.5) is 11.8 Å². The second-order valence-electron chi connectivity index (χ2n) is 4.79. The zero-order valence-electron chi connectivity index (χ0n) is 11.5. The Hall–Kier alpha value is -2.63. The van der Waals surface area contributed by atoms with E-state index in [4.69, 9.17) is 5.73 Å². The van der Waals surface area contributed by atoms with E-state index in [2.05, 4.69) is 39.0 Å². The van der Waals surface area contributed by atoms with E-state index in [-0.39, 0.29) is 5.95 Å². The van der Waals surface area contributed by atoms with Crippen molar-refractivity contribution in [3.63, 3.8) is 0 Å². The van der Waals surface area contributed by atoms with Gasteiger partial charge in [-0.05, 0) is 18.1 Å². The Morgan fingerprint density at radius 3 is 2.85 bits per heavy atom. The van der Waals surface area contributed by atoms with Crippen molar-refractivity contribution in [3.05, 3.63) is 41.7 Å². The van der Waals surface area contributed by atoms with Gasteiger partial charge in [-0.1, -0.05) is 24.3 Å². The number of nitrogens with two attached hydrogens (primary N) is 1. The van der Waals surface area contributed by atoms with Crippen molar-refractivity contribution in [3.8, 4) is 0 Å². The molecule has 6 nitrogen and oxygen atoms in total. The predicted octanol–water partition coefficient (Wildman–Crippen LogP) is 1.88. The van der Waals surface area contributed by atoms with Gasteiger partial charge < -0.3 is 15.6 Å². The minimum Gasteiger partial charge on any atom is -0.368 e. The van der Waals surface area contributed by atoms with Crippen LogP contribution < -0.4 is 10.6 Å². The van der Waals surface area contributed by atoms with Crippen LogP contribution in [0.25, 0.3) is 11.2 Å². The molecule has 0 unspecified atom stereocenters. The molecule has 1 aromatic carbocycles. The molecule has 0 radical (unpaired) electrons. The number of aromatic nitrogens is 4. The molecule has 3 N–H and O–H groups in total. The largest absolute Gasteiger partial charge is 0.368 e. The molecule has 3 aromatic rings. The lowest BCUT2D eigenvalue weighted by atomic mass is 10.1. The Labute approximate surface area is 116 Å². The van der Waals surface area contributed by atoms with E-state index in [0.29, 0.717) is 5.65 Å². The van der Waals surface area contributed by atoms with E-state index in [0.717, 1.165) is 17.9 Å². The quantitative estimate of drug-likeness (QED) is 0.757. The van der Waals surface area contributed by atoms with Gasteiger partial charge in [0.2, 0.25) is 5.95 Å². The van der Waals surface area contributed by atoms with Crippen molar-refractivity contribution < 1.29 is 0 Å². The van der Waals surface area contributed by atoms with Crippen molar-refractivity contribution in [2.45, 2.75) is 13.5 Å². The summed E-state index contributed by atoms with van der Waals surface area (Å²) in [6.45, 7) is 2.85. The molecular formula is C14H16N6. The Bertz CT molecular complexity index is 748. The number of anilines is 2. The standard InChI is InChI=1S/C14H16N6/c1-9-5-3-4-6-10(9)7-20(2)13-11-12(17-8-16-11)18-14(15)19-13/h3-6,8H,7H2,1-2H3,(H3,15,16,17,18,19). The fraction of sp³-hybridized carbons (Fsp3) is 0.214. The highest BCUT2D eigenvalue weighted by Crippen LogP contribution is 2.22. The van der Waals surface area contributed by atoms with Gasteiger partial charge in [0.1, 0.15) is 5.52 Å². The lowest BCUT2D eigenvalue weighted by Crippen LogP contribution is -2.19. The number of nitrogens with zero attached hydrogens (tertiary/aromatic N) is 4. The van der Waals surface area contributed by atoms with Gasteiger partial charge >= 0.3 is 0 Å². The molecule has 0 aliphatic rings. The molecule has 0 bridgehead atoms. The number of nitrogen functional groups attached to an aromatic ring is 1. The molecule has 102 valence electrons. The van der Waals surface area contributed by atoms with Gasteiger partial charge in [-0.15, -0.1) is 0 Å². The summed E-state index contributed by atoms with van der Waals surface area (Å²) in [6, 6.07) is 8.29. The molecule has 0 amide bonds. The maximum absolute atomic E-state index is 5.74. The number of rotatable bonds is 3. The molecule has 0 atom stereocenters. The summed E-state index contributed by atoms with van der Waals surface area (Å²) >= 11 is 0. The molecule has 2 aromatic heterocycles.